The van der Waals surface area contributed by atoms with Crippen LogP contribution in [-0.2, 0) is 21.3 Å². The van der Waals surface area contributed by atoms with Crippen molar-refractivity contribution in [2.75, 3.05) is 6.61 Å². The molecule has 0 radical (unpaired) electrons. The molecule has 1 rings (SSSR count). The Morgan fingerprint density at radius 3 is 2.69 bits per heavy atom. The molecule has 0 fully saturated rings. The van der Waals surface area contributed by atoms with Crippen molar-refractivity contribution < 1.29 is 13.9 Å². The van der Waals surface area contributed by atoms with E-state index in [4.69, 9.17) is 4.74 Å². The first-order valence-corrected chi connectivity index (χ1v) is 6.68. The lowest BCUT2D eigenvalue weighted by atomic mass is 10.1. The molecule has 0 saturated heterocycles. The van der Waals surface area contributed by atoms with E-state index in [1.54, 1.807) is 13.0 Å². The van der Waals surface area contributed by atoms with E-state index in [-0.39, 0.29) is 6.42 Å². The third kappa shape index (κ3) is 3.56. The van der Waals surface area contributed by atoms with E-state index in [0.717, 1.165) is 5.56 Å². The van der Waals surface area contributed by atoms with E-state index in [1.165, 1.54) is 6.07 Å². The second kappa shape index (κ2) is 6.35. The van der Waals surface area contributed by atoms with Gasteiger partial charge in [0.2, 0.25) is 0 Å². The molecule has 5 heteroatoms. The van der Waals surface area contributed by atoms with Crippen LogP contribution < -0.4 is 0 Å². The van der Waals surface area contributed by atoms with Crippen molar-refractivity contribution in [3.63, 3.8) is 0 Å². The zero-order chi connectivity index (χ0) is 12.1. The molecule has 0 amide bonds. The zero-order valence-electron chi connectivity index (χ0n) is 8.73. The lowest BCUT2D eigenvalue weighted by Gasteiger charge is -2.07. The normalized spacial score (nSPS) is 10.2. The van der Waals surface area contributed by atoms with E-state index in [9.17, 15) is 9.18 Å². The second-order valence-corrected chi connectivity index (χ2v) is 4.57. The molecule has 0 aliphatic carbocycles. The number of halogens is 3. The summed E-state index contributed by atoms with van der Waals surface area (Å²) in [5.74, 6) is -0.814. The summed E-state index contributed by atoms with van der Waals surface area (Å²) in [6, 6.07) is 3.19. The van der Waals surface area contributed by atoms with Gasteiger partial charge in [-0.1, -0.05) is 31.9 Å². The molecule has 88 valence electrons. The van der Waals surface area contributed by atoms with Crippen LogP contribution >= 0.6 is 31.9 Å². The van der Waals surface area contributed by atoms with E-state index in [2.05, 4.69) is 31.9 Å². The van der Waals surface area contributed by atoms with Crippen LogP contribution in [0.25, 0.3) is 0 Å². The molecule has 1 aromatic rings. The molecule has 2 nitrogen and oxygen atoms in total. The number of alkyl halides is 1. The molecular formula is C11H11Br2FO2. The van der Waals surface area contributed by atoms with Gasteiger partial charge in [-0.05, 0) is 24.6 Å². The fraction of sp³-hybridized carbons (Fsp3) is 0.364. The van der Waals surface area contributed by atoms with Crippen molar-refractivity contribution in [3.05, 3.63) is 33.5 Å². The predicted octanol–water partition coefficient (Wildman–Crippen LogP) is 3.59. The fourth-order valence-corrected chi connectivity index (χ4v) is 2.21. The Kier molecular flexibility index (Phi) is 5.41. The maximum atomic E-state index is 13.6. The standard InChI is InChI=1S/C11H11Br2FO2/c1-2-16-11(15)5-8-9(13)3-7(6-12)4-10(8)14/h3-4H,2,5-6H2,1H3. The van der Waals surface area contributed by atoms with Gasteiger partial charge in [0.05, 0.1) is 13.0 Å². The van der Waals surface area contributed by atoms with Crippen molar-refractivity contribution in [2.24, 2.45) is 0 Å². The second-order valence-electron chi connectivity index (χ2n) is 3.15. The lowest BCUT2D eigenvalue weighted by molar-refractivity contribution is -0.142. The summed E-state index contributed by atoms with van der Waals surface area (Å²) < 4.78 is 19.0. The van der Waals surface area contributed by atoms with Gasteiger partial charge in [-0.2, -0.15) is 0 Å². The summed E-state index contributed by atoms with van der Waals surface area (Å²) in [5.41, 5.74) is 1.15. The third-order valence-electron chi connectivity index (χ3n) is 1.98. The van der Waals surface area contributed by atoms with Gasteiger partial charge in [-0.15, -0.1) is 0 Å². The minimum absolute atomic E-state index is 0.0528. The van der Waals surface area contributed by atoms with Gasteiger partial charge in [-0.3, -0.25) is 4.79 Å². The summed E-state index contributed by atoms with van der Waals surface area (Å²) >= 11 is 6.50. The number of carbonyl (C=O) groups excluding carboxylic acids is 1. The summed E-state index contributed by atoms with van der Waals surface area (Å²) in [6.45, 7) is 2.02. The smallest absolute Gasteiger partial charge is 0.310 e. The molecule has 0 N–H and O–H groups in total. The van der Waals surface area contributed by atoms with Crippen LogP contribution in [0.2, 0.25) is 0 Å². The van der Waals surface area contributed by atoms with Gasteiger partial charge in [0.15, 0.2) is 0 Å². The molecule has 0 unspecified atom stereocenters. The SMILES string of the molecule is CCOC(=O)Cc1c(F)cc(CBr)cc1Br. The van der Waals surface area contributed by atoms with Crippen molar-refractivity contribution >= 4 is 37.8 Å². The first-order chi connectivity index (χ1) is 7.58. The number of ether oxygens (including phenoxy) is 1. The quantitative estimate of drug-likeness (QED) is 0.610. The highest BCUT2D eigenvalue weighted by Gasteiger charge is 2.13. The molecule has 0 aromatic heterocycles. The lowest BCUT2D eigenvalue weighted by Crippen LogP contribution is -2.09. The summed E-state index contributed by atoms with van der Waals surface area (Å²) in [6.07, 6.45) is -0.0528. The topological polar surface area (TPSA) is 26.3 Å². The van der Waals surface area contributed by atoms with Crippen LogP contribution in [-0.4, -0.2) is 12.6 Å². The summed E-state index contributed by atoms with van der Waals surface area (Å²) in [5, 5.41) is 0.572. The first-order valence-electron chi connectivity index (χ1n) is 4.76. The van der Waals surface area contributed by atoms with Gasteiger partial charge >= 0.3 is 5.97 Å². The van der Waals surface area contributed by atoms with Crippen LogP contribution in [0.1, 0.15) is 18.1 Å². The highest BCUT2D eigenvalue weighted by atomic mass is 79.9. The molecule has 1 aromatic carbocycles. The summed E-state index contributed by atoms with van der Waals surface area (Å²) in [7, 11) is 0. The highest BCUT2D eigenvalue weighted by Crippen LogP contribution is 2.24. The molecule has 0 heterocycles. The number of benzene rings is 1. The average molecular weight is 354 g/mol. The van der Waals surface area contributed by atoms with Gasteiger partial charge < -0.3 is 4.74 Å². The van der Waals surface area contributed by atoms with Crippen LogP contribution in [0.4, 0.5) is 4.39 Å². The molecule has 0 aliphatic rings. The van der Waals surface area contributed by atoms with Gasteiger partial charge in [0.25, 0.3) is 0 Å². The zero-order valence-corrected chi connectivity index (χ0v) is 11.9. The molecule has 16 heavy (non-hydrogen) atoms. The van der Waals surface area contributed by atoms with Gasteiger partial charge in [-0.25, -0.2) is 4.39 Å². The van der Waals surface area contributed by atoms with E-state index < -0.39 is 11.8 Å². The van der Waals surface area contributed by atoms with Crippen LogP contribution in [0.5, 0.6) is 0 Å². The molecule has 0 spiro atoms. The van der Waals surface area contributed by atoms with E-state index in [1.807, 2.05) is 0 Å². The Bertz CT molecular complexity index is 371. The predicted molar refractivity (Wildman–Crippen MR) is 67.1 cm³/mol. The Hall–Kier alpha value is -0.420. The van der Waals surface area contributed by atoms with Crippen molar-refractivity contribution in [1.82, 2.24) is 0 Å². The number of hydrogen-bond donors (Lipinski definition) is 0. The van der Waals surface area contributed by atoms with Gasteiger partial charge in [0.1, 0.15) is 5.82 Å². The summed E-state index contributed by atoms with van der Waals surface area (Å²) in [4.78, 5) is 11.3. The van der Waals surface area contributed by atoms with E-state index >= 15 is 0 Å². The van der Waals surface area contributed by atoms with Crippen LogP contribution in [0.15, 0.2) is 16.6 Å². The third-order valence-corrected chi connectivity index (χ3v) is 3.34. The Balaban J connectivity index is 2.92. The van der Waals surface area contributed by atoms with Crippen molar-refractivity contribution in [1.29, 1.82) is 0 Å². The fourth-order valence-electron chi connectivity index (χ4n) is 1.26. The highest BCUT2D eigenvalue weighted by molar-refractivity contribution is 9.10. The number of carbonyl (C=O) groups is 1. The Morgan fingerprint density at radius 1 is 1.50 bits per heavy atom. The van der Waals surface area contributed by atoms with Crippen LogP contribution in [0, 0.1) is 5.82 Å². The van der Waals surface area contributed by atoms with Crippen molar-refractivity contribution in [3.8, 4) is 0 Å². The maximum absolute atomic E-state index is 13.6. The molecule has 0 atom stereocenters. The first kappa shape index (κ1) is 13.6. The van der Waals surface area contributed by atoms with Gasteiger partial charge in [0, 0.05) is 15.4 Å². The Labute approximate surface area is 110 Å². The average Bonchev–Trinajstić information content (AvgIpc) is 2.23. The maximum Gasteiger partial charge on any atom is 0.310 e. The minimum atomic E-state index is -0.423. The minimum Gasteiger partial charge on any atom is -0.466 e. The number of rotatable bonds is 4. The Morgan fingerprint density at radius 2 is 2.19 bits per heavy atom. The largest absolute Gasteiger partial charge is 0.466 e. The van der Waals surface area contributed by atoms with E-state index in [0.29, 0.717) is 22.0 Å². The monoisotopic (exact) mass is 352 g/mol. The molecular weight excluding hydrogens is 343 g/mol. The molecule has 0 bridgehead atoms. The molecule has 0 saturated carbocycles. The van der Waals surface area contributed by atoms with Crippen LogP contribution in [0.3, 0.4) is 0 Å². The number of hydrogen-bond acceptors (Lipinski definition) is 2. The molecule has 0 aliphatic heterocycles. The number of esters is 1. The van der Waals surface area contributed by atoms with Crippen molar-refractivity contribution in [2.45, 2.75) is 18.7 Å².